The molecule has 0 unspecified atom stereocenters. The Bertz CT molecular complexity index is 156. The fraction of sp³-hybridized carbons (Fsp3) is 0.833. The van der Waals surface area contributed by atoms with E-state index in [-0.39, 0.29) is 18.4 Å². The highest BCUT2D eigenvalue weighted by atomic mass is 35.5. The zero-order valence-corrected chi connectivity index (χ0v) is 7.30. The van der Waals surface area contributed by atoms with Gasteiger partial charge in [-0.05, 0) is 13.0 Å². The fourth-order valence-corrected chi connectivity index (χ4v) is 1.15. The summed E-state index contributed by atoms with van der Waals surface area (Å²) in [7, 11) is 0. The van der Waals surface area contributed by atoms with Crippen LogP contribution in [0.25, 0.3) is 0 Å². The summed E-state index contributed by atoms with van der Waals surface area (Å²) in [5.74, 6) is 0. The molecular formula is C6H13ClN2O3. The van der Waals surface area contributed by atoms with Gasteiger partial charge in [0, 0.05) is 6.54 Å². The highest BCUT2D eigenvalue weighted by Crippen LogP contribution is 2.02. The van der Waals surface area contributed by atoms with Crippen molar-refractivity contribution in [2.75, 3.05) is 13.1 Å². The van der Waals surface area contributed by atoms with Gasteiger partial charge in [-0.1, -0.05) is 0 Å². The van der Waals surface area contributed by atoms with E-state index in [0.29, 0.717) is 13.0 Å². The zero-order valence-electron chi connectivity index (χ0n) is 6.49. The van der Waals surface area contributed by atoms with Crippen LogP contribution in [0.5, 0.6) is 0 Å². The normalized spacial score (nSPS) is 28.8. The van der Waals surface area contributed by atoms with Crippen LogP contribution >= 0.6 is 12.4 Å². The molecule has 1 aliphatic heterocycles. The molecular weight excluding hydrogens is 184 g/mol. The monoisotopic (exact) mass is 196 g/mol. The molecule has 2 atom stereocenters. The Balaban J connectivity index is 0.00000121. The van der Waals surface area contributed by atoms with Crippen molar-refractivity contribution in [2.24, 2.45) is 0 Å². The third-order valence-corrected chi connectivity index (χ3v) is 1.75. The first-order chi connectivity index (χ1) is 5.20. The molecule has 0 bridgehead atoms. The van der Waals surface area contributed by atoms with Gasteiger partial charge >= 0.3 is 6.09 Å². The minimum Gasteiger partial charge on any atom is -0.465 e. The lowest BCUT2D eigenvalue weighted by atomic mass is 10.0. The van der Waals surface area contributed by atoms with Crippen molar-refractivity contribution in [1.82, 2.24) is 10.6 Å². The van der Waals surface area contributed by atoms with E-state index < -0.39 is 12.2 Å². The Morgan fingerprint density at radius 1 is 1.58 bits per heavy atom. The maximum absolute atomic E-state index is 10.2. The summed E-state index contributed by atoms with van der Waals surface area (Å²) in [6.07, 6.45) is -1.03. The predicted octanol–water partition coefficient (Wildman–Crippen LogP) is -0.601. The molecule has 72 valence electrons. The molecule has 0 aromatic rings. The van der Waals surface area contributed by atoms with Gasteiger partial charge < -0.3 is 20.8 Å². The van der Waals surface area contributed by atoms with Crippen molar-refractivity contribution >= 4 is 18.5 Å². The standard InChI is InChI=1S/C6H12N2O3.ClH/c9-5-1-2-7-3-4(5)8-6(10)11;/h4-5,7-9H,1-3H2,(H,10,11);1H/t4-,5-;/m1./s1. The summed E-state index contributed by atoms with van der Waals surface area (Å²) in [5.41, 5.74) is 0. The van der Waals surface area contributed by atoms with E-state index in [1.807, 2.05) is 0 Å². The Morgan fingerprint density at radius 2 is 2.25 bits per heavy atom. The average molecular weight is 197 g/mol. The molecule has 5 nitrogen and oxygen atoms in total. The van der Waals surface area contributed by atoms with Gasteiger partial charge in [0.2, 0.25) is 0 Å². The third kappa shape index (κ3) is 3.25. The van der Waals surface area contributed by atoms with Crippen molar-refractivity contribution < 1.29 is 15.0 Å². The summed E-state index contributed by atoms with van der Waals surface area (Å²) in [6.45, 7) is 1.26. The topological polar surface area (TPSA) is 81.6 Å². The lowest BCUT2D eigenvalue weighted by Crippen LogP contribution is -2.53. The van der Waals surface area contributed by atoms with Gasteiger partial charge in [0.25, 0.3) is 0 Å². The molecule has 0 saturated carbocycles. The molecule has 0 radical (unpaired) electrons. The Kier molecular flexibility index (Phi) is 4.96. The number of hydrogen-bond acceptors (Lipinski definition) is 3. The lowest BCUT2D eigenvalue weighted by molar-refractivity contribution is 0.0955. The van der Waals surface area contributed by atoms with Crippen LogP contribution in [0.3, 0.4) is 0 Å². The van der Waals surface area contributed by atoms with Gasteiger partial charge in [-0.2, -0.15) is 0 Å². The summed E-state index contributed by atoms with van der Waals surface area (Å²) < 4.78 is 0. The molecule has 4 N–H and O–H groups in total. The summed E-state index contributed by atoms with van der Waals surface area (Å²) in [4.78, 5) is 10.2. The molecule has 0 aliphatic carbocycles. The minimum absolute atomic E-state index is 0. The van der Waals surface area contributed by atoms with E-state index in [1.165, 1.54) is 0 Å². The molecule has 1 aliphatic rings. The van der Waals surface area contributed by atoms with Gasteiger partial charge in [0.05, 0.1) is 12.1 Å². The van der Waals surface area contributed by atoms with E-state index in [0.717, 1.165) is 6.54 Å². The van der Waals surface area contributed by atoms with Crippen molar-refractivity contribution in [3.8, 4) is 0 Å². The van der Waals surface area contributed by atoms with Crippen LogP contribution in [-0.4, -0.2) is 41.5 Å². The number of carbonyl (C=O) groups is 1. The van der Waals surface area contributed by atoms with Crippen molar-refractivity contribution in [2.45, 2.75) is 18.6 Å². The number of rotatable bonds is 1. The van der Waals surface area contributed by atoms with Crippen LogP contribution in [0.1, 0.15) is 6.42 Å². The number of piperidine rings is 1. The van der Waals surface area contributed by atoms with Gasteiger partial charge in [-0.15, -0.1) is 12.4 Å². The second kappa shape index (κ2) is 5.18. The molecule has 1 amide bonds. The molecule has 0 spiro atoms. The van der Waals surface area contributed by atoms with E-state index >= 15 is 0 Å². The second-order valence-corrected chi connectivity index (χ2v) is 2.62. The predicted molar refractivity (Wildman–Crippen MR) is 45.7 cm³/mol. The van der Waals surface area contributed by atoms with E-state index in [9.17, 15) is 9.90 Å². The SMILES string of the molecule is Cl.O=C(O)N[C@@H]1CNCC[C@H]1O. The van der Waals surface area contributed by atoms with Crippen molar-refractivity contribution in [1.29, 1.82) is 0 Å². The second-order valence-electron chi connectivity index (χ2n) is 2.62. The Hall–Kier alpha value is -0.520. The lowest BCUT2D eigenvalue weighted by Gasteiger charge is -2.27. The number of halogens is 1. The van der Waals surface area contributed by atoms with Crippen LogP contribution in [0.2, 0.25) is 0 Å². The Morgan fingerprint density at radius 3 is 2.75 bits per heavy atom. The smallest absolute Gasteiger partial charge is 0.405 e. The summed E-state index contributed by atoms with van der Waals surface area (Å²) in [6, 6.07) is -0.360. The van der Waals surface area contributed by atoms with Gasteiger partial charge in [0.15, 0.2) is 0 Å². The van der Waals surface area contributed by atoms with Crippen molar-refractivity contribution in [3.63, 3.8) is 0 Å². The van der Waals surface area contributed by atoms with Crippen LogP contribution in [0, 0.1) is 0 Å². The van der Waals surface area contributed by atoms with Crippen LogP contribution in [0.4, 0.5) is 4.79 Å². The first-order valence-corrected chi connectivity index (χ1v) is 3.58. The summed E-state index contributed by atoms with van der Waals surface area (Å²) in [5, 5.41) is 22.8. The highest BCUT2D eigenvalue weighted by Gasteiger charge is 2.23. The molecule has 6 heteroatoms. The maximum atomic E-state index is 10.2. The summed E-state index contributed by atoms with van der Waals surface area (Å²) >= 11 is 0. The highest BCUT2D eigenvalue weighted by molar-refractivity contribution is 5.85. The zero-order chi connectivity index (χ0) is 8.27. The van der Waals surface area contributed by atoms with E-state index in [2.05, 4.69) is 10.6 Å². The molecule has 12 heavy (non-hydrogen) atoms. The minimum atomic E-state index is -1.09. The largest absolute Gasteiger partial charge is 0.465 e. The average Bonchev–Trinajstić information content (AvgIpc) is 1.93. The number of nitrogens with one attached hydrogen (secondary N) is 2. The molecule has 1 saturated heterocycles. The van der Waals surface area contributed by atoms with Gasteiger partial charge in [-0.3, -0.25) is 0 Å². The fourth-order valence-electron chi connectivity index (χ4n) is 1.15. The number of amides is 1. The van der Waals surface area contributed by atoms with Gasteiger partial charge in [-0.25, -0.2) is 4.79 Å². The van der Waals surface area contributed by atoms with Crippen molar-refractivity contribution in [3.05, 3.63) is 0 Å². The van der Waals surface area contributed by atoms with Crippen LogP contribution < -0.4 is 10.6 Å². The third-order valence-electron chi connectivity index (χ3n) is 1.75. The molecule has 0 aromatic carbocycles. The van der Waals surface area contributed by atoms with Gasteiger partial charge in [0.1, 0.15) is 0 Å². The number of carboxylic acid groups (broad SMARTS) is 1. The first kappa shape index (κ1) is 11.5. The van der Waals surface area contributed by atoms with E-state index in [1.54, 1.807) is 0 Å². The molecule has 1 fully saturated rings. The first-order valence-electron chi connectivity index (χ1n) is 3.58. The van der Waals surface area contributed by atoms with Crippen LogP contribution in [0.15, 0.2) is 0 Å². The number of aliphatic hydroxyl groups excluding tert-OH is 1. The van der Waals surface area contributed by atoms with Crippen LogP contribution in [-0.2, 0) is 0 Å². The molecule has 0 aromatic heterocycles. The molecule has 1 heterocycles. The molecule has 1 rings (SSSR count). The van der Waals surface area contributed by atoms with E-state index in [4.69, 9.17) is 5.11 Å². The number of hydrogen-bond donors (Lipinski definition) is 4. The maximum Gasteiger partial charge on any atom is 0.405 e. The number of aliphatic hydroxyl groups is 1. The quantitative estimate of drug-likeness (QED) is 0.452. The Labute approximate surface area is 76.6 Å².